The van der Waals surface area contributed by atoms with Crippen molar-refractivity contribution in [1.82, 2.24) is 5.32 Å². The van der Waals surface area contributed by atoms with Crippen LogP contribution in [0.4, 0.5) is 5.69 Å². The molecule has 3 aromatic rings. The average Bonchev–Trinajstić information content (AvgIpc) is 2.86. The number of fused-ring (bicyclic) bond motifs is 1. The van der Waals surface area contributed by atoms with E-state index in [9.17, 15) is 13.2 Å². The smallest absolute Gasteiger partial charge is 0.264 e. The summed E-state index contributed by atoms with van der Waals surface area (Å²) in [6, 6.07) is 21.2. The molecule has 0 aromatic heterocycles. The summed E-state index contributed by atoms with van der Waals surface area (Å²) >= 11 is 0. The number of benzene rings is 3. The molecule has 7 nitrogen and oxygen atoms in total. The monoisotopic (exact) mass is 494 g/mol. The standard InChI is InChI=1S/C27H30N2O5S/c1-19(2)21-10-12-22(13-11-21)29(35(31,32)24-14-8-20(3)9-15-24)17-27(30)28-16-23-18-33-25-6-4-5-7-26(25)34-23/h4-15,19,23H,16-18H2,1-3H3,(H,28,30)/t23-/m0/s1. The number of nitrogens with one attached hydrogen (secondary N) is 1. The minimum Gasteiger partial charge on any atom is -0.486 e. The fourth-order valence-electron chi connectivity index (χ4n) is 3.76. The van der Waals surface area contributed by atoms with Crippen molar-refractivity contribution in [2.45, 2.75) is 37.7 Å². The van der Waals surface area contributed by atoms with Gasteiger partial charge in [0.15, 0.2) is 11.5 Å². The summed E-state index contributed by atoms with van der Waals surface area (Å²) in [6.07, 6.45) is -0.374. The number of carbonyl (C=O) groups is 1. The van der Waals surface area contributed by atoms with Gasteiger partial charge in [-0.15, -0.1) is 0 Å². The van der Waals surface area contributed by atoms with E-state index < -0.39 is 15.9 Å². The highest BCUT2D eigenvalue weighted by molar-refractivity contribution is 7.92. The number of anilines is 1. The lowest BCUT2D eigenvalue weighted by Gasteiger charge is -2.27. The molecule has 184 valence electrons. The molecule has 4 rings (SSSR count). The first kappa shape index (κ1) is 24.6. The number of hydrogen-bond acceptors (Lipinski definition) is 5. The molecule has 3 aromatic carbocycles. The van der Waals surface area contributed by atoms with Crippen LogP contribution in [0.2, 0.25) is 0 Å². The Kier molecular flexibility index (Phi) is 7.31. The molecule has 0 saturated carbocycles. The van der Waals surface area contributed by atoms with E-state index in [1.54, 1.807) is 42.5 Å². The van der Waals surface area contributed by atoms with E-state index in [1.165, 1.54) is 0 Å². The van der Waals surface area contributed by atoms with Gasteiger partial charge in [-0.05, 0) is 54.8 Å². The van der Waals surface area contributed by atoms with Crippen LogP contribution in [0.5, 0.6) is 11.5 Å². The van der Waals surface area contributed by atoms with Crippen molar-refractivity contribution in [3.8, 4) is 11.5 Å². The SMILES string of the molecule is Cc1ccc(S(=O)(=O)N(CC(=O)NC[C@H]2COc3ccccc3O2)c2ccc(C(C)C)cc2)cc1. The van der Waals surface area contributed by atoms with Crippen molar-refractivity contribution < 1.29 is 22.7 Å². The van der Waals surface area contributed by atoms with Crippen molar-refractivity contribution >= 4 is 21.6 Å². The summed E-state index contributed by atoms with van der Waals surface area (Å²) in [5, 5.41) is 2.80. The van der Waals surface area contributed by atoms with Crippen molar-refractivity contribution in [2.75, 3.05) is 24.0 Å². The van der Waals surface area contributed by atoms with Crippen LogP contribution in [-0.4, -0.2) is 40.1 Å². The summed E-state index contributed by atoms with van der Waals surface area (Å²) in [4.78, 5) is 13.0. The van der Waals surface area contributed by atoms with E-state index >= 15 is 0 Å². The van der Waals surface area contributed by atoms with Crippen LogP contribution in [0.3, 0.4) is 0 Å². The van der Waals surface area contributed by atoms with Crippen LogP contribution in [0, 0.1) is 6.92 Å². The molecule has 0 bridgehead atoms. The predicted molar refractivity (Wildman–Crippen MR) is 136 cm³/mol. The maximum Gasteiger partial charge on any atom is 0.264 e. The molecule has 1 aliphatic heterocycles. The zero-order valence-corrected chi connectivity index (χ0v) is 20.9. The fraction of sp³-hybridized carbons (Fsp3) is 0.296. The highest BCUT2D eigenvalue weighted by atomic mass is 32.2. The molecule has 0 fully saturated rings. The third kappa shape index (κ3) is 5.77. The van der Waals surface area contributed by atoms with Gasteiger partial charge < -0.3 is 14.8 Å². The molecule has 0 spiro atoms. The van der Waals surface area contributed by atoms with Gasteiger partial charge in [0.25, 0.3) is 10.0 Å². The van der Waals surface area contributed by atoms with Crippen molar-refractivity contribution in [2.24, 2.45) is 0 Å². The van der Waals surface area contributed by atoms with Crippen LogP contribution in [0.25, 0.3) is 0 Å². The molecule has 1 N–H and O–H groups in total. The molecular formula is C27H30N2O5S. The second kappa shape index (κ2) is 10.4. The Morgan fingerprint density at radius 3 is 2.31 bits per heavy atom. The lowest BCUT2D eigenvalue weighted by Crippen LogP contribution is -2.45. The number of para-hydroxylation sites is 2. The lowest BCUT2D eigenvalue weighted by molar-refractivity contribution is -0.120. The van der Waals surface area contributed by atoms with Gasteiger partial charge in [-0.3, -0.25) is 9.10 Å². The van der Waals surface area contributed by atoms with Gasteiger partial charge in [-0.1, -0.05) is 55.8 Å². The second-order valence-corrected chi connectivity index (χ2v) is 10.7. The number of nitrogens with zero attached hydrogens (tertiary/aromatic N) is 1. The number of amides is 1. The van der Waals surface area contributed by atoms with Gasteiger partial charge in [0.2, 0.25) is 5.91 Å². The Hall–Kier alpha value is -3.52. The van der Waals surface area contributed by atoms with Gasteiger partial charge in [-0.2, -0.15) is 0 Å². The van der Waals surface area contributed by atoms with E-state index in [4.69, 9.17) is 9.47 Å². The van der Waals surface area contributed by atoms with E-state index in [-0.39, 0.29) is 24.1 Å². The first-order chi connectivity index (χ1) is 16.7. The van der Waals surface area contributed by atoms with Crippen LogP contribution in [-0.2, 0) is 14.8 Å². The minimum absolute atomic E-state index is 0.129. The zero-order valence-electron chi connectivity index (χ0n) is 20.1. The Balaban J connectivity index is 1.51. The van der Waals surface area contributed by atoms with Gasteiger partial charge in [-0.25, -0.2) is 8.42 Å². The maximum atomic E-state index is 13.5. The van der Waals surface area contributed by atoms with Gasteiger partial charge in [0.05, 0.1) is 17.1 Å². The number of aryl methyl sites for hydroxylation is 1. The normalized spacial score (nSPS) is 15.0. The number of ether oxygens (including phenoxy) is 2. The third-order valence-electron chi connectivity index (χ3n) is 5.84. The van der Waals surface area contributed by atoms with E-state index in [0.29, 0.717) is 29.7 Å². The second-order valence-electron chi connectivity index (χ2n) is 8.87. The Morgan fingerprint density at radius 2 is 1.66 bits per heavy atom. The summed E-state index contributed by atoms with van der Waals surface area (Å²) in [5.41, 5.74) is 2.46. The van der Waals surface area contributed by atoms with Crippen LogP contribution < -0.4 is 19.1 Å². The maximum absolute atomic E-state index is 13.5. The van der Waals surface area contributed by atoms with E-state index in [0.717, 1.165) is 15.4 Å². The number of sulfonamides is 1. The molecule has 1 aliphatic rings. The topological polar surface area (TPSA) is 84.9 Å². The number of rotatable bonds is 8. The lowest BCUT2D eigenvalue weighted by atomic mass is 10.0. The molecule has 1 heterocycles. The summed E-state index contributed by atoms with van der Waals surface area (Å²) in [5.74, 6) is 1.15. The minimum atomic E-state index is -3.97. The molecule has 0 saturated heterocycles. The zero-order chi connectivity index (χ0) is 25.0. The molecule has 0 radical (unpaired) electrons. The molecule has 0 unspecified atom stereocenters. The highest BCUT2D eigenvalue weighted by Crippen LogP contribution is 2.31. The third-order valence-corrected chi connectivity index (χ3v) is 7.63. The van der Waals surface area contributed by atoms with Crippen LogP contribution in [0.15, 0.2) is 77.7 Å². The van der Waals surface area contributed by atoms with Gasteiger partial charge >= 0.3 is 0 Å². The molecular weight excluding hydrogens is 464 g/mol. The molecule has 8 heteroatoms. The number of carbonyl (C=O) groups excluding carboxylic acids is 1. The Labute approximate surface area is 206 Å². The van der Waals surface area contributed by atoms with E-state index in [1.807, 2.05) is 37.3 Å². The Bertz CT molecular complexity index is 1270. The highest BCUT2D eigenvalue weighted by Gasteiger charge is 2.28. The first-order valence-corrected chi connectivity index (χ1v) is 13.0. The fourth-order valence-corrected chi connectivity index (χ4v) is 5.18. The summed E-state index contributed by atoms with van der Waals surface area (Å²) in [6.45, 7) is 6.15. The molecule has 0 aliphatic carbocycles. The van der Waals surface area contributed by atoms with Crippen molar-refractivity contribution in [1.29, 1.82) is 0 Å². The van der Waals surface area contributed by atoms with Gasteiger partial charge in [0, 0.05) is 0 Å². The largest absolute Gasteiger partial charge is 0.486 e. The summed E-state index contributed by atoms with van der Waals surface area (Å²) < 4.78 is 39.8. The molecule has 35 heavy (non-hydrogen) atoms. The Morgan fingerprint density at radius 1 is 1.00 bits per heavy atom. The van der Waals surface area contributed by atoms with Crippen LogP contribution >= 0.6 is 0 Å². The summed E-state index contributed by atoms with van der Waals surface area (Å²) in [7, 11) is -3.97. The van der Waals surface area contributed by atoms with Crippen molar-refractivity contribution in [3.63, 3.8) is 0 Å². The van der Waals surface area contributed by atoms with Crippen LogP contribution in [0.1, 0.15) is 30.9 Å². The predicted octanol–water partition coefficient (Wildman–Crippen LogP) is 4.27. The molecule has 1 atom stereocenters. The van der Waals surface area contributed by atoms with E-state index in [2.05, 4.69) is 19.2 Å². The first-order valence-electron chi connectivity index (χ1n) is 11.6. The average molecular weight is 495 g/mol. The van der Waals surface area contributed by atoms with Crippen molar-refractivity contribution in [3.05, 3.63) is 83.9 Å². The van der Waals surface area contributed by atoms with Gasteiger partial charge in [0.1, 0.15) is 19.3 Å². The molecule has 1 amide bonds. The number of hydrogen-bond donors (Lipinski definition) is 1. The quantitative estimate of drug-likeness (QED) is 0.506.